The predicted molar refractivity (Wildman–Crippen MR) is 116 cm³/mol. The van der Waals surface area contributed by atoms with Crippen molar-refractivity contribution in [2.75, 3.05) is 19.5 Å². The Bertz CT molecular complexity index is 1150. The maximum absolute atomic E-state index is 6.21. The summed E-state index contributed by atoms with van der Waals surface area (Å²) in [7, 11) is 3.15. The lowest BCUT2D eigenvalue weighted by Crippen LogP contribution is -1.99. The van der Waals surface area contributed by atoms with Crippen molar-refractivity contribution in [1.29, 1.82) is 0 Å². The minimum Gasteiger partial charge on any atom is -0.495 e. The van der Waals surface area contributed by atoms with Crippen molar-refractivity contribution >= 4 is 56.3 Å². The highest BCUT2D eigenvalue weighted by Gasteiger charge is 2.16. The molecule has 4 rings (SSSR count). The van der Waals surface area contributed by atoms with Crippen molar-refractivity contribution in [2.24, 2.45) is 0 Å². The summed E-state index contributed by atoms with van der Waals surface area (Å²) < 4.78 is 10.8. The summed E-state index contributed by atoms with van der Waals surface area (Å²) in [6.07, 6.45) is 1.53. The molecule has 0 aliphatic carbocycles. The second-order valence-corrected chi connectivity index (χ2v) is 7.57. The van der Waals surface area contributed by atoms with E-state index in [0.717, 1.165) is 21.3 Å². The van der Waals surface area contributed by atoms with E-state index in [1.165, 1.54) is 6.33 Å². The summed E-state index contributed by atoms with van der Waals surface area (Å²) in [6.45, 7) is 0. The van der Waals surface area contributed by atoms with Gasteiger partial charge in [-0.25, -0.2) is 9.97 Å². The number of methoxy groups -OCH3 is 2. The summed E-state index contributed by atoms with van der Waals surface area (Å²) >= 11 is 13.8. The number of aromatic nitrogens is 2. The predicted octanol–water partition coefficient (Wildman–Crippen LogP) is 6.43. The Hall–Kier alpha value is -2.54. The van der Waals surface area contributed by atoms with Crippen LogP contribution in [0.3, 0.4) is 0 Å². The third-order valence-electron chi connectivity index (χ3n) is 4.25. The molecule has 0 fully saturated rings. The van der Waals surface area contributed by atoms with Gasteiger partial charge >= 0.3 is 0 Å². The molecule has 142 valence electrons. The molecule has 2 aromatic heterocycles. The van der Waals surface area contributed by atoms with Gasteiger partial charge in [-0.05, 0) is 17.7 Å². The summed E-state index contributed by atoms with van der Waals surface area (Å²) in [5, 5.41) is 7.49. The summed E-state index contributed by atoms with van der Waals surface area (Å²) in [5.41, 5.74) is 2.76. The Morgan fingerprint density at radius 1 is 0.964 bits per heavy atom. The quantitative estimate of drug-likeness (QED) is 0.394. The zero-order chi connectivity index (χ0) is 19.7. The van der Waals surface area contributed by atoms with E-state index in [4.69, 9.17) is 32.7 Å². The van der Waals surface area contributed by atoms with Crippen LogP contribution in [0.5, 0.6) is 11.5 Å². The molecule has 0 unspecified atom stereocenters. The van der Waals surface area contributed by atoms with Crippen molar-refractivity contribution in [3.05, 3.63) is 58.2 Å². The molecule has 0 amide bonds. The van der Waals surface area contributed by atoms with Crippen molar-refractivity contribution in [2.45, 2.75) is 0 Å². The van der Waals surface area contributed by atoms with Gasteiger partial charge in [0.25, 0.3) is 0 Å². The van der Waals surface area contributed by atoms with Crippen LogP contribution >= 0.6 is 34.5 Å². The number of benzene rings is 2. The Morgan fingerprint density at radius 2 is 1.71 bits per heavy atom. The van der Waals surface area contributed by atoms with Crippen LogP contribution in [0.4, 0.5) is 11.5 Å². The first-order valence-corrected chi connectivity index (χ1v) is 9.91. The highest BCUT2D eigenvalue weighted by molar-refractivity contribution is 7.17. The molecule has 0 atom stereocenters. The molecule has 8 heteroatoms. The first-order valence-electron chi connectivity index (χ1n) is 8.27. The molecule has 0 radical (unpaired) electrons. The van der Waals surface area contributed by atoms with Gasteiger partial charge in [0, 0.05) is 28.1 Å². The first-order chi connectivity index (χ1) is 13.6. The Balaban J connectivity index is 1.84. The van der Waals surface area contributed by atoms with Crippen LogP contribution in [0.15, 0.2) is 48.1 Å². The van der Waals surface area contributed by atoms with E-state index in [0.29, 0.717) is 33.0 Å². The van der Waals surface area contributed by atoms with Gasteiger partial charge < -0.3 is 14.8 Å². The third-order valence-corrected chi connectivity index (χ3v) is 5.69. The standard InChI is InChI=1S/C20H15Cl2N3O2S/c1-26-16-8-15(17(27-2)7-14(16)22)25-19-18-13(9-28-20(18)24-10-23-19)11-3-5-12(21)6-4-11/h3-10H,1-2H3,(H,23,24,25). The van der Waals surface area contributed by atoms with Crippen LogP contribution in [-0.2, 0) is 0 Å². The number of anilines is 2. The molecule has 5 nitrogen and oxygen atoms in total. The molecular formula is C20H15Cl2N3O2S. The second kappa shape index (κ2) is 7.83. The maximum atomic E-state index is 6.21. The highest BCUT2D eigenvalue weighted by Crippen LogP contribution is 2.41. The number of rotatable bonds is 5. The Labute approximate surface area is 175 Å². The average Bonchev–Trinajstić information content (AvgIpc) is 3.14. The number of ether oxygens (including phenoxy) is 2. The molecule has 2 heterocycles. The van der Waals surface area contributed by atoms with Crippen LogP contribution in [0.2, 0.25) is 10.0 Å². The fourth-order valence-corrected chi connectivity index (χ4v) is 4.17. The van der Waals surface area contributed by atoms with E-state index in [1.54, 1.807) is 37.7 Å². The van der Waals surface area contributed by atoms with Crippen LogP contribution in [0.25, 0.3) is 21.3 Å². The number of hydrogen-bond donors (Lipinski definition) is 1. The molecular weight excluding hydrogens is 417 g/mol. The van der Waals surface area contributed by atoms with Gasteiger partial charge in [0.05, 0.1) is 30.3 Å². The Morgan fingerprint density at radius 3 is 2.43 bits per heavy atom. The summed E-state index contributed by atoms with van der Waals surface area (Å²) in [6, 6.07) is 11.2. The lowest BCUT2D eigenvalue weighted by Gasteiger charge is -2.14. The topological polar surface area (TPSA) is 56.3 Å². The van der Waals surface area contributed by atoms with Crippen molar-refractivity contribution < 1.29 is 9.47 Å². The van der Waals surface area contributed by atoms with E-state index in [1.807, 2.05) is 24.3 Å². The molecule has 0 aliphatic heterocycles. The van der Waals surface area contributed by atoms with Crippen molar-refractivity contribution in [3.63, 3.8) is 0 Å². The molecule has 2 aromatic carbocycles. The van der Waals surface area contributed by atoms with E-state index in [9.17, 15) is 0 Å². The first kappa shape index (κ1) is 18.8. The van der Waals surface area contributed by atoms with Crippen molar-refractivity contribution in [1.82, 2.24) is 9.97 Å². The molecule has 0 spiro atoms. The number of nitrogens with zero attached hydrogens (tertiary/aromatic N) is 2. The lowest BCUT2D eigenvalue weighted by atomic mass is 10.1. The van der Waals surface area contributed by atoms with Gasteiger partial charge in [-0.15, -0.1) is 11.3 Å². The van der Waals surface area contributed by atoms with E-state index in [2.05, 4.69) is 20.7 Å². The van der Waals surface area contributed by atoms with E-state index < -0.39 is 0 Å². The van der Waals surface area contributed by atoms with Gasteiger partial charge in [0.1, 0.15) is 28.5 Å². The minimum absolute atomic E-state index is 0.468. The SMILES string of the molecule is COc1cc(Nc2ncnc3scc(-c4ccc(Cl)cc4)c23)c(OC)cc1Cl. The van der Waals surface area contributed by atoms with Gasteiger partial charge in [-0.3, -0.25) is 0 Å². The molecule has 1 N–H and O–H groups in total. The van der Waals surface area contributed by atoms with E-state index in [-0.39, 0.29) is 0 Å². The minimum atomic E-state index is 0.468. The fourth-order valence-electron chi connectivity index (χ4n) is 2.90. The summed E-state index contributed by atoms with van der Waals surface area (Å²) in [4.78, 5) is 9.74. The lowest BCUT2D eigenvalue weighted by molar-refractivity contribution is 0.405. The number of halogens is 2. The molecule has 0 aliphatic rings. The monoisotopic (exact) mass is 431 g/mol. The average molecular weight is 432 g/mol. The molecule has 28 heavy (non-hydrogen) atoms. The maximum Gasteiger partial charge on any atom is 0.144 e. The van der Waals surface area contributed by atoms with Crippen molar-refractivity contribution in [3.8, 4) is 22.6 Å². The smallest absolute Gasteiger partial charge is 0.144 e. The highest BCUT2D eigenvalue weighted by atomic mass is 35.5. The van der Waals surface area contributed by atoms with Crippen LogP contribution in [0, 0.1) is 0 Å². The normalized spacial score (nSPS) is 10.9. The van der Waals surface area contributed by atoms with Crippen LogP contribution in [0.1, 0.15) is 0 Å². The Kier molecular flexibility index (Phi) is 5.26. The van der Waals surface area contributed by atoms with Gasteiger partial charge in [0.2, 0.25) is 0 Å². The molecule has 0 saturated heterocycles. The third kappa shape index (κ3) is 3.46. The van der Waals surface area contributed by atoms with Gasteiger partial charge in [0.15, 0.2) is 0 Å². The van der Waals surface area contributed by atoms with E-state index >= 15 is 0 Å². The number of fused-ring (bicyclic) bond motifs is 1. The number of hydrogen-bond acceptors (Lipinski definition) is 6. The fraction of sp³-hybridized carbons (Fsp3) is 0.100. The molecule has 0 saturated carbocycles. The largest absolute Gasteiger partial charge is 0.495 e. The molecule has 0 bridgehead atoms. The second-order valence-electron chi connectivity index (χ2n) is 5.87. The van der Waals surface area contributed by atoms with Crippen LogP contribution < -0.4 is 14.8 Å². The summed E-state index contributed by atoms with van der Waals surface area (Å²) in [5.74, 6) is 1.79. The number of nitrogens with one attached hydrogen (secondary N) is 1. The molecule has 4 aromatic rings. The van der Waals surface area contributed by atoms with Crippen LogP contribution in [-0.4, -0.2) is 24.2 Å². The van der Waals surface area contributed by atoms with Gasteiger partial charge in [-0.2, -0.15) is 0 Å². The van der Waals surface area contributed by atoms with Gasteiger partial charge in [-0.1, -0.05) is 35.3 Å². The zero-order valence-corrected chi connectivity index (χ0v) is 17.3. The number of thiophene rings is 1. The zero-order valence-electron chi connectivity index (χ0n) is 15.0.